The average Bonchev–Trinajstić information content (AvgIpc) is 2.80. The van der Waals surface area contributed by atoms with Gasteiger partial charge in [-0.3, -0.25) is 9.88 Å². The van der Waals surface area contributed by atoms with Crippen LogP contribution in [-0.2, 0) is 11.2 Å². The second-order valence-electron chi connectivity index (χ2n) is 8.04. The lowest BCUT2D eigenvalue weighted by atomic mass is 9.85. The third kappa shape index (κ3) is 4.80. The number of aryl methyl sites for hydroxylation is 1. The summed E-state index contributed by atoms with van der Waals surface area (Å²) >= 11 is 0. The van der Waals surface area contributed by atoms with Gasteiger partial charge in [0.2, 0.25) is 0 Å². The van der Waals surface area contributed by atoms with Crippen molar-refractivity contribution < 1.29 is 14.3 Å². The molecule has 0 bridgehead atoms. The lowest BCUT2D eigenvalue weighted by molar-refractivity contribution is 0.0704. The minimum absolute atomic E-state index is 0.259. The van der Waals surface area contributed by atoms with Crippen LogP contribution in [0, 0.1) is 6.92 Å². The average molecular weight is 424 g/mol. The normalized spacial score (nSPS) is 18.8. The maximum absolute atomic E-state index is 12.6. The molecule has 8 heteroatoms. The smallest absolute Gasteiger partial charge is 0.409 e. The molecule has 0 radical (unpaired) electrons. The van der Waals surface area contributed by atoms with E-state index in [-0.39, 0.29) is 12.1 Å². The number of amides is 3. The highest BCUT2D eigenvalue weighted by atomic mass is 16.5. The van der Waals surface area contributed by atoms with E-state index >= 15 is 0 Å². The van der Waals surface area contributed by atoms with Gasteiger partial charge in [-0.05, 0) is 55.5 Å². The Morgan fingerprint density at radius 3 is 2.61 bits per heavy atom. The predicted molar refractivity (Wildman–Crippen MR) is 119 cm³/mol. The Morgan fingerprint density at radius 1 is 1.10 bits per heavy atom. The number of urea groups is 1. The molecule has 3 amide bonds. The summed E-state index contributed by atoms with van der Waals surface area (Å²) in [7, 11) is 1.42. The number of carbonyl (C=O) groups is 2. The highest BCUT2D eigenvalue weighted by Crippen LogP contribution is 2.38. The van der Waals surface area contributed by atoms with E-state index in [1.165, 1.54) is 18.2 Å². The Labute approximate surface area is 182 Å². The number of ether oxygens (including phenoxy) is 1. The fourth-order valence-corrected chi connectivity index (χ4v) is 4.49. The van der Waals surface area contributed by atoms with Crippen molar-refractivity contribution >= 4 is 23.5 Å². The third-order valence-electron chi connectivity index (χ3n) is 6.08. The number of anilines is 2. The van der Waals surface area contributed by atoms with Gasteiger partial charge in [0.05, 0.1) is 19.0 Å². The molecule has 2 heterocycles. The zero-order valence-electron chi connectivity index (χ0n) is 18.1. The topological polar surface area (TPSA) is 86.8 Å². The molecule has 0 saturated carbocycles. The molecule has 1 atom stereocenters. The van der Waals surface area contributed by atoms with E-state index in [1.54, 1.807) is 11.1 Å². The van der Waals surface area contributed by atoms with Gasteiger partial charge in [-0.1, -0.05) is 12.1 Å². The first kappa shape index (κ1) is 21.1. The summed E-state index contributed by atoms with van der Waals surface area (Å²) in [6.45, 7) is 4.88. The van der Waals surface area contributed by atoms with Crippen molar-refractivity contribution in [1.29, 1.82) is 0 Å². The van der Waals surface area contributed by atoms with Gasteiger partial charge >= 0.3 is 12.1 Å². The van der Waals surface area contributed by atoms with Gasteiger partial charge in [-0.2, -0.15) is 0 Å². The Morgan fingerprint density at radius 2 is 1.90 bits per heavy atom. The zero-order chi connectivity index (χ0) is 21.8. The Kier molecular flexibility index (Phi) is 6.36. The molecule has 164 valence electrons. The summed E-state index contributed by atoms with van der Waals surface area (Å²) in [5.41, 5.74) is 4.89. The summed E-state index contributed by atoms with van der Waals surface area (Å²) in [6, 6.07) is 9.87. The molecule has 2 aromatic rings. The molecule has 0 spiro atoms. The number of nitrogens with one attached hydrogen (secondary N) is 2. The van der Waals surface area contributed by atoms with Crippen molar-refractivity contribution in [2.75, 3.05) is 43.9 Å². The van der Waals surface area contributed by atoms with Crippen molar-refractivity contribution in [3.8, 4) is 0 Å². The monoisotopic (exact) mass is 423 g/mol. The molecular formula is C23H29N5O3. The summed E-state index contributed by atoms with van der Waals surface area (Å²) in [4.78, 5) is 32.7. The molecule has 1 aromatic carbocycles. The van der Waals surface area contributed by atoms with Crippen LogP contribution < -0.4 is 10.6 Å². The molecule has 1 aliphatic carbocycles. The van der Waals surface area contributed by atoms with Crippen molar-refractivity contribution in [3.05, 3.63) is 53.3 Å². The molecule has 4 rings (SSSR count). The summed E-state index contributed by atoms with van der Waals surface area (Å²) in [5.74, 6) is 0. The van der Waals surface area contributed by atoms with E-state index in [2.05, 4.69) is 26.6 Å². The van der Waals surface area contributed by atoms with Gasteiger partial charge in [0.15, 0.2) is 0 Å². The zero-order valence-corrected chi connectivity index (χ0v) is 18.1. The Bertz CT molecular complexity index is 939. The molecule has 2 aliphatic rings. The van der Waals surface area contributed by atoms with E-state index in [0.29, 0.717) is 24.8 Å². The highest BCUT2D eigenvalue weighted by molar-refractivity contribution is 6.00. The van der Waals surface area contributed by atoms with Gasteiger partial charge in [0, 0.05) is 43.6 Å². The van der Waals surface area contributed by atoms with Crippen LogP contribution >= 0.6 is 0 Å². The first-order chi connectivity index (χ1) is 15.0. The van der Waals surface area contributed by atoms with Crippen molar-refractivity contribution in [3.63, 3.8) is 0 Å². The van der Waals surface area contributed by atoms with Crippen LogP contribution in [0.15, 0.2) is 36.5 Å². The fourth-order valence-electron chi connectivity index (χ4n) is 4.49. The van der Waals surface area contributed by atoms with E-state index in [0.717, 1.165) is 43.7 Å². The Hall–Kier alpha value is -3.13. The van der Waals surface area contributed by atoms with Crippen LogP contribution in [0.25, 0.3) is 0 Å². The van der Waals surface area contributed by atoms with Crippen LogP contribution in [0.3, 0.4) is 0 Å². The molecule has 31 heavy (non-hydrogen) atoms. The van der Waals surface area contributed by atoms with Crippen molar-refractivity contribution in [2.45, 2.75) is 32.2 Å². The first-order valence-electron chi connectivity index (χ1n) is 10.7. The molecule has 8 nitrogen and oxygen atoms in total. The van der Waals surface area contributed by atoms with Crippen LogP contribution in [0.4, 0.5) is 21.0 Å². The Balaban J connectivity index is 1.45. The van der Waals surface area contributed by atoms with Crippen LogP contribution in [0.5, 0.6) is 0 Å². The number of methoxy groups -OCH3 is 1. The molecular weight excluding hydrogens is 394 g/mol. The predicted octanol–water partition coefficient (Wildman–Crippen LogP) is 3.80. The first-order valence-corrected chi connectivity index (χ1v) is 10.7. The number of carbonyl (C=O) groups excluding carboxylic acids is 2. The number of hydrogen-bond donors (Lipinski definition) is 2. The van der Waals surface area contributed by atoms with E-state index in [9.17, 15) is 9.59 Å². The SMILES string of the molecule is COC(=O)N1CCN(C2CCCc3c(NC(=O)Nc4ccc(C)nc4)cccc32)CC1. The van der Waals surface area contributed by atoms with Crippen molar-refractivity contribution in [1.82, 2.24) is 14.8 Å². The van der Waals surface area contributed by atoms with Crippen LogP contribution in [-0.4, -0.2) is 60.2 Å². The lowest BCUT2D eigenvalue weighted by Crippen LogP contribution is -2.50. The largest absolute Gasteiger partial charge is 0.453 e. The number of piperazine rings is 1. The molecule has 1 unspecified atom stereocenters. The number of rotatable bonds is 3. The van der Waals surface area contributed by atoms with Gasteiger partial charge in [0.1, 0.15) is 0 Å². The minimum atomic E-state index is -0.270. The number of fused-ring (bicyclic) bond motifs is 1. The number of pyridine rings is 1. The number of aromatic nitrogens is 1. The lowest BCUT2D eigenvalue weighted by Gasteiger charge is -2.41. The van der Waals surface area contributed by atoms with Crippen LogP contribution in [0.2, 0.25) is 0 Å². The maximum atomic E-state index is 12.6. The summed E-state index contributed by atoms with van der Waals surface area (Å²) in [5, 5.41) is 5.87. The van der Waals surface area contributed by atoms with Gasteiger partial charge in [-0.15, -0.1) is 0 Å². The van der Waals surface area contributed by atoms with Gasteiger partial charge in [0.25, 0.3) is 0 Å². The van der Waals surface area contributed by atoms with E-state index in [4.69, 9.17) is 4.74 Å². The van der Waals surface area contributed by atoms with Gasteiger partial charge in [-0.25, -0.2) is 9.59 Å². The van der Waals surface area contributed by atoms with E-state index < -0.39 is 0 Å². The number of nitrogens with zero attached hydrogens (tertiary/aromatic N) is 3. The van der Waals surface area contributed by atoms with Crippen molar-refractivity contribution in [2.24, 2.45) is 0 Å². The summed E-state index contributed by atoms with van der Waals surface area (Å²) in [6.07, 6.45) is 4.48. The number of hydrogen-bond acceptors (Lipinski definition) is 5. The molecule has 1 saturated heterocycles. The highest BCUT2D eigenvalue weighted by Gasteiger charge is 2.31. The summed E-state index contributed by atoms with van der Waals surface area (Å²) < 4.78 is 4.85. The molecule has 2 N–H and O–H groups in total. The third-order valence-corrected chi connectivity index (χ3v) is 6.08. The molecule has 1 aromatic heterocycles. The minimum Gasteiger partial charge on any atom is -0.453 e. The number of benzene rings is 1. The molecule has 1 aliphatic heterocycles. The standard InChI is InChI=1S/C23H29N5O3/c1-16-9-10-17(15-24-16)25-22(29)26-20-7-3-6-19-18(20)5-4-8-21(19)27-11-13-28(14-12-27)23(30)31-2/h3,6-7,9-10,15,21H,4-5,8,11-14H2,1-2H3,(H2,25,26,29). The maximum Gasteiger partial charge on any atom is 0.409 e. The van der Waals surface area contributed by atoms with E-state index in [1.807, 2.05) is 31.2 Å². The second kappa shape index (κ2) is 9.34. The fraction of sp³-hybridized carbons (Fsp3) is 0.435. The quantitative estimate of drug-likeness (QED) is 0.784. The second-order valence-corrected chi connectivity index (χ2v) is 8.04. The van der Waals surface area contributed by atoms with Gasteiger partial charge < -0.3 is 20.3 Å². The van der Waals surface area contributed by atoms with Crippen LogP contribution in [0.1, 0.15) is 35.7 Å². The molecule has 1 fully saturated rings.